The van der Waals surface area contributed by atoms with Gasteiger partial charge in [-0.3, -0.25) is 4.79 Å². The van der Waals surface area contributed by atoms with Crippen LogP contribution >= 0.6 is 0 Å². The number of nitrogens with zero attached hydrogens (tertiary/aromatic N) is 3. The van der Waals surface area contributed by atoms with E-state index in [2.05, 4.69) is 5.16 Å². The molecule has 0 aliphatic carbocycles. The Morgan fingerprint density at radius 1 is 1.30 bits per heavy atom. The molecule has 0 saturated carbocycles. The number of sulfonamides is 1. The van der Waals surface area contributed by atoms with Crippen molar-refractivity contribution >= 4 is 15.9 Å². The molecule has 2 N–H and O–H groups in total. The number of nitrogens with two attached hydrogens (primary N) is 1. The number of amides is 1. The van der Waals surface area contributed by atoms with Crippen LogP contribution in [0.4, 0.5) is 0 Å². The van der Waals surface area contributed by atoms with E-state index in [9.17, 15) is 13.2 Å². The van der Waals surface area contributed by atoms with Gasteiger partial charge in [0.1, 0.15) is 10.6 Å². The van der Waals surface area contributed by atoms with Gasteiger partial charge >= 0.3 is 0 Å². The smallest absolute Gasteiger partial charge is 0.248 e. The maximum Gasteiger partial charge on any atom is 0.248 e. The summed E-state index contributed by atoms with van der Waals surface area (Å²) < 4.78 is 31.7. The Hall–Kier alpha value is -1.45. The van der Waals surface area contributed by atoms with E-state index in [0.29, 0.717) is 25.2 Å². The van der Waals surface area contributed by atoms with Crippen LogP contribution in [-0.4, -0.2) is 60.9 Å². The summed E-state index contributed by atoms with van der Waals surface area (Å²) in [5.41, 5.74) is 6.20. The summed E-state index contributed by atoms with van der Waals surface area (Å²) in [6, 6.07) is -0.509. The van der Waals surface area contributed by atoms with Crippen molar-refractivity contribution in [2.45, 2.75) is 44.6 Å². The molecule has 0 aromatic carbocycles. The Kier molecular flexibility index (Phi) is 5.43. The first-order valence-electron chi connectivity index (χ1n) is 7.76. The van der Waals surface area contributed by atoms with Crippen LogP contribution < -0.4 is 5.73 Å². The van der Waals surface area contributed by atoms with Crippen molar-refractivity contribution in [2.75, 3.05) is 26.2 Å². The lowest BCUT2D eigenvalue weighted by Gasteiger charge is -2.35. The van der Waals surface area contributed by atoms with Crippen LogP contribution in [0.5, 0.6) is 0 Å². The van der Waals surface area contributed by atoms with Crippen LogP contribution in [0.1, 0.15) is 31.2 Å². The summed E-state index contributed by atoms with van der Waals surface area (Å²) in [5, 5.41) is 3.70. The monoisotopic (exact) mass is 344 g/mol. The van der Waals surface area contributed by atoms with E-state index in [1.165, 1.54) is 4.31 Å². The number of rotatable bonds is 5. The van der Waals surface area contributed by atoms with Gasteiger partial charge in [0.05, 0.1) is 6.04 Å². The van der Waals surface area contributed by atoms with E-state index < -0.39 is 16.1 Å². The summed E-state index contributed by atoms with van der Waals surface area (Å²) in [6.45, 7) is 6.34. The number of carbonyl (C=O) groups excluding carboxylic acids is 1. The van der Waals surface area contributed by atoms with Crippen molar-refractivity contribution in [1.29, 1.82) is 0 Å². The van der Waals surface area contributed by atoms with Gasteiger partial charge in [0.2, 0.25) is 15.9 Å². The van der Waals surface area contributed by atoms with Gasteiger partial charge in [-0.05, 0) is 20.3 Å². The third kappa shape index (κ3) is 3.56. The average molecular weight is 344 g/mol. The summed E-state index contributed by atoms with van der Waals surface area (Å²) in [5.74, 6) is 0.173. The maximum absolute atomic E-state index is 12.7. The van der Waals surface area contributed by atoms with Crippen molar-refractivity contribution in [1.82, 2.24) is 14.4 Å². The summed E-state index contributed by atoms with van der Waals surface area (Å²) in [4.78, 5) is 14.0. The lowest BCUT2D eigenvalue weighted by atomic mass is 10.1. The maximum atomic E-state index is 12.7. The molecule has 1 amide bonds. The third-order valence-electron chi connectivity index (χ3n) is 4.03. The first-order chi connectivity index (χ1) is 10.8. The van der Waals surface area contributed by atoms with Crippen LogP contribution in [0.3, 0.4) is 0 Å². The predicted molar refractivity (Wildman–Crippen MR) is 84.2 cm³/mol. The predicted octanol–water partition coefficient (Wildman–Crippen LogP) is 0.252. The highest BCUT2D eigenvalue weighted by Crippen LogP contribution is 2.24. The molecule has 130 valence electrons. The molecule has 1 aliphatic rings. The topological polar surface area (TPSA) is 110 Å². The molecule has 0 bridgehead atoms. The Morgan fingerprint density at radius 2 is 1.91 bits per heavy atom. The molecule has 0 spiro atoms. The normalized spacial score (nSPS) is 18.2. The molecule has 1 atom stereocenters. The molecule has 1 aromatic heterocycles. The third-order valence-corrected chi connectivity index (χ3v) is 6.18. The Balaban J connectivity index is 2.06. The van der Waals surface area contributed by atoms with Crippen LogP contribution in [0.15, 0.2) is 9.42 Å². The summed E-state index contributed by atoms with van der Waals surface area (Å²) in [6.07, 6.45) is 1.48. The Bertz CT molecular complexity index is 643. The minimum absolute atomic E-state index is 0.110. The Morgan fingerprint density at radius 3 is 2.39 bits per heavy atom. The first-order valence-corrected chi connectivity index (χ1v) is 9.20. The van der Waals surface area contributed by atoms with E-state index in [1.807, 2.05) is 6.92 Å². The SMILES string of the molecule is CCCC(N)C(=O)N1CCN(S(=O)(=O)c2c(C)noc2C)CC1. The molecule has 2 rings (SSSR count). The van der Waals surface area contributed by atoms with Crippen molar-refractivity contribution in [2.24, 2.45) is 5.73 Å². The van der Waals surface area contributed by atoms with Gasteiger partial charge in [0.25, 0.3) is 0 Å². The second kappa shape index (κ2) is 6.98. The Labute approximate surface area is 136 Å². The van der Waals surface area contributed by atoms with Crippen molar-refractivity contribution in [3.05, 3.63) is 11.5 Å². The number of aryl methyl sites for hydroxylation is 2. The first kappa shape index (κ1) is 17.9. The number of aromatic nitrogens is 1. The molecule has 8 nitrogen and oxygen atoms in total. The highest BCUT2D eigenvalue weighted by molar-refractivity contribution is 7.89. The van der Waals surface area contributed by atoms with Gasteiger partial charge in [-0.15, -0.1) is 0 Å². The van der Waals surface area contributed by atoms with Gasteiger partial charge in [0, 0.05) is 26.2 Å². The lowest BCUT2D eigenvalue weighted by molar-refractivity contribution is -0.133. The standard InChI is InChI=1S/C14H24N4O4S/c1-4-5-12(15)14(19)17-6-8-18(9-7-17)23(20,21)13-10(2)16-22-11(13)3/h12H,4-9,15H2,1-3H3. The number of hydrogen-bond acceptors (Lipinski definition) is 6. The zero-order valence-corrected chi connectivity index (χ0v) is 14.6. The minimum atomic E-state index is -3.65. The fourth-order valence-electron chi connectivity index (χ4n) is 2.79. The number of hydrogen-bond donors (Lipinski definition) is 1. The molecule has 1 saturated heterocycles. The fourth-order valence-corrected chi connectivity index (χ4v) is 4.50. The second-order valence-corrected chi connectivity index (χ2v) is 7.65. The van der Waals surface area contributed by atoms with E-state index in [0.717, 1.165) is 6.42 Å². The largest absolute Gasteiger partial charge is 0.360 e. The van der Waals surface area contributed by atoms with Gasteiger partial charge in [-0.25, -0.2) is 8.42 Å². The molecule has 1 aliphatic heterocycles. The van der Waals surface area contributed by atoms with Gasteiger partial charge in [-0.2, -0.15) is 4.31 Å². The molecular weight excluding hydrogens is 320 g/mol. The van der Waals surface area contributed by atoms with E-state index in [-0.39, 0.29) is 29.7 Å². The van der Waals surface area contributed by atoms with Gasteiger partial charge < -0.3 is 15.2 Å². The summed E-state index contributed by atoms with van der Waals surface area (Å²) >= 11 is 0. The zero-order valence-electron chi connectivity index (χ0n) is 13.8. The molecule has 23 heavy (non-hydrogen) atoms. The molecule has 9 heteroatoms. The number of carbonyl (C=O) groups is 1. The van der Waals surface area contributed by atoms with Crippen molar-refractivity contribution in [3.8, 4) is 0 Å². The lowest BCUT2D eigenvalue weighted by Crippen LogP contribution is -2.54. The van der Waals surface area contributed by atoms with E-state index in [1.54, 1.807) is 18.7 Å². The minimum Gasteiger partial charge on any atom is -0.360 e. The van der Waals surface area contributed by atoms with Crippen molar-refractivity contribution in [3.63, 3.8) is 0 Å². The molecular formula is C14H24N4O4S. The molecule has 1 aromatic rings. The molecule has 1 unspecified atom stereocenters. The quantitative estimate of drug-likeness (QED) is 0.820. The highest BCUT2D eigenvalue weighted by Gasteiger charge is 2.34. The van der Waals surface area contributed by atoms with Gasteiger partial charge in [0.15, 0.2) is 5.76 Å². The molecule has 2 heterocycles. The van der Waals surface area contributed by atoms with Crippen LogP contribution in [-0.2, 0) is 14.8 Å². The molecule has 0 radical (unpaired) electrons. The van der Waals surface area contributed by atoms with E-state index in [4.69, 9.17) is 10.3 Å². The van der Waals surface area contributed by atoms with Crippen LogP contribution in [0, 0.1) is 13.8 Å². The zero-order chi connectivity index (χ0) is 17.2. The molecule has 1 fully saturated rings. The fraction of sp³-hybridized carbons (Fsp3) is 0.714. The van der Waals surface area contributed by atoms with E-state index >= 15 is 0 Å². The van der Waals surface area contributed by atoms with Crippen LogP contribution in [0.25, 0.3) is 0 Å². The van der Waals surface area contributed by atoms with Crippen molar-refractivity contribution < 1.29 is 17.7 Å². The average Bonchev–Trinajstić information content (AvgIpc) is 2.86. The second-order valence-electron chi connectivity index (χ2n) is 5.78. The van der Waals surface area contributed by atoms with Crippen LogP contribution in [0.2, 0.25) is 0 Å². The number of piperazine rings is 1. The summed E-state index contributed by atoms with van der Waals surface area (Å²) in [7, 11) is -3.65. The highest BCUT2D eigenvalue weighted by atomic mass is 32.2. The van der Waals surface area contributed by atoms with Gasteiger partial charge in [-0.1, -0.05) is 18.5 Å².